The van der Waals surface area contributed by atoms with E-state index in [1.54, 1.807) is 17.5 Å². The van der Waals surface area contributed by atoms with Gasteiger partial charge in [-0.1, -0.05) is 12.1 Å². The number of esters is 1. The zero-order valence-corrected chi connectivity index (χ0v) is 12.1. The van der Waals surface area contributed by atoms with Crippen LogP contribution in [-0.4, -0.2) is 18.5 Å². The van der Waals surface area contributed by atoms with E-state index < -0.39 is 5.97 Å². The Morgan fingerprint density at radius 2 is 1.90 bits per heavy atom. The van der Waals surface area contributed by atoms with E-state index >= 15 is 0 Å². The maximum Gasteiger partial charge on any atom is 0.348 e. The van der Waals surface area contributed by atoms with Gasteiger partial charge in [0.2, 0.25) is 0 Å². The lowest BCUT2D eigenvalue weighted by Gasteiger charge is -2.08. The third kappa shape index (κ3) is 3.93. The Labute approximate surface area is 121 Å². The van der Waals surface area contributed by atoms with E-state index in [4.69, 9.17) is 4.74 Å². The molecule has 1 heterocycles. The highest BCUT2D eigenvalue weighted by molar-refractivity contribution is 7.11. The first-order valence-electron chi connectivity index (χ1n) is 6.13. The van der Waals surface area contributed by atoms with Gasteiger partial charge in [-0.2, -0.15) is 0 Å². The minimum absolute atomic E-state index is 0.288. The van der Waals surface area contributed by atoms with Crippen molar-refractivity contribution in [2.75, 3.05) is 11.9 Å². The Hall–Kier alpha value is -2.14. The number of carbonyl (C=O) groups is 2. The number of ether oxygens (including phenoxy) is 1. The summed E-state index contributed by atoms with van der Waals surface area (Å²) >= 11 is 1.28. The van der Waals surface area contributed by atoms with Gasteiger partial charge in [0.05, 0.1) is 0 Å². The standard InChI is InChI=1S/C15H15NO3S/c1-10-6-11(2)8-12(7-10)16-14(17)9-19-15(18)13-4-3-5-20-13/h3-8H,9H2,1-2H3,(H,16,17). The minimum atomic E-state index is -0.476. The number of nitrogens with one attached hydrogen (secondary N) is 1. The number of hydrogen-bond acceptors (Lipinski definition) is 4. The lowest BCUT2D eigenvalue weighted by atomic mass is 10.1. The van der Waals surface area contributed by atoms with Crippen LogP contribution in [-0.2, 0) is 9.53 Å². The average Bonchev–Trinajstić information content (AvgIpc) is 2.88. The van der Waals surface area contributed by atoms with E-state index in [1.807, 2.05) is 32.0 Å². The maximum atomic E-state index is 11.7. The van der Waals surface area contributed by atoms with Gasteiger partial charge >= 0.3 is 5.97 Å². The van der Waals surface area contributed by atoms with Crippen LogP contribution in [0.25, 0.3) is 0 Å². The summed E-state index contributed by atoms with van der Waals surface area (Å²) in [5.74, 6) is -0.824. The van der Waals surface area contributed by atoms with E-state index in [2.05, 4.69) is 5.32 Å². The molecule has 4 nitrogen and oxygen atoms in total. The molecular weight excluding hydrogens is 274 g/mol. The van der Waals surface area contributed by atoms with Crippen LogP contribution >= 0.6 is 11.3 Å². The first kappa shape index (κ1) is 14.3. The van der Waals surface area contributed by atoms with Crippen LogP contribution in [0.2, 0.25) is 0 Å². The largest absolute Gasteiger partial charge is 0.451 e. The molecule has 5 heteroatoms. The van der Waals surface area contributed by atoms with E-state index in [0.29, 0.717) is 10.6 Å². The lowest BCUT2D eigenvalue weighted by Crippen LogP contribution is -2.20. The Balaban J connectivity index is 1.88. The van der Waals surface area contributed by atoms with Crippen LogP contribution in [0.5, 0.6) is 0 Å². The number of amides is 1. The molecule has 0 saturated carbocycles. The van der Waals surface area contributed by atoms with Crippen molar-refractivity contribution in [3.63, 3.8) is 0 Å². The summed E-state index contributed by atoms with van der Waals surface area (Å²) in [5.41, 5.74) is 2.84. The van der Waals surface area contributed by atoms with Crippen molar-refractivity contribution >= 4 is 28.9 Å². The van der Waals surface area contributed by atoms with Gasteiger partial charge in [0.1, 0.15) is 4.88 Å². The Morgan fingerprint density at radius 3 is 2.50 bits per heavy atom. The van der Waals surface area contributed by atoms with E-state index in [9.17, 15) is 9.59 Å². The number of benzene rings is 1. The molecule has 0 aliphatic heterocycles. The third-order valence-electron chi connectivity index (χ3n) is 2.56. The van der Waals surface area contributed by atoms with E-state index in [1.165, 1.54) is 11.3 Å². The molecule has 0 saturated heterocycles. The summed E-state index contributed by atoms with van der Waals surface area (Å²) in [4.78, 5) is 23.8. The van der Waals surface area contributed by atoms with Crippen molar-refractivity contribution in [2.45, 2.75) is 13.8 Å². The van der Waals surface area contributed by atoms with Crippen LogP contribution in [0, 0.1) is 13.8 Å². The molecule has 0 atom stereocenters. The fourth-order valence-electron chi connectivity index (χ4n) is 1.84. The molecule has 1 aromatic heterocycles. The second-order valence-corrected chi connectivity index (χ2v) is 5.43. The van der Waals surface area contributed by atoms with Gasteiger partial charge in [0.15, 0.2) is 6.61 Å². The topological polar surface area (TPSA) is 55.4 Å². The van der Waals surface area contributed by atoms with Gasteiger partial charge in [0.25, 0.3) is 5.91 Å². The molecule has 0 aliphatic rings. The SMILES string of the molecule is Cc1cc(C)cc(NC(=O)COC(=O)c2cccs2)c1. The van der Waals surface area contributed by atoms with Crippen LogP contribution in [0.4, 0.5) is 5.69 Å². The molecule has 1 N–H and O–H groups in total. The van der Waals surface area contributed by atoms with Gasteiger partial charge in [-0.15, -0.1) is 11.3 Å². The Morgan fingerprint density at radius 1 is 1.20 bits per heavy atom. The lowest BCUT2D eigenvalue weighted by molar-refractivity contribution is -0.119. The third-order valence-corrected chi connectivity index (χ3v) is 3.41. The molecule has 1 amide bonds. The Bertz CT molecular complexity index is 600. The molecular formula is C15H15NO3S. The number of aryl methyl sites for hydroxylation is 2. The van der Waals surface area contributed by atoms with Crippen LogP contribution in [0.3, 0.4) is 0 Å². The molecule has 0 bridgehead atoms. The zero-order chi connectivity index (χ0) is 14.5. The molecule has 2 aromatic rings. The van der Waals surface area contributed by atoms with Crippen LogP contribution in [0.15, 0.2) is 35.7 Å². The van der Waals surface area contributed by atoms with Crippen molar-refractivity contribution in [1.29, 1.82) is 0 Å². The quantitative estimate of drug-likeness (QED) is 0.880. The molecule has 20 heavy (non-hydrogen) atoms. The highest BCUT2D eigenvalue weighted by atomic mass is 32.1. The number of thiophene rings is 1. The predicted octanol–water partition coefficient (Wildman–Crippen LogP) is 3.16. The minimum Gasteiger partial charge on any atom is -0.451 e. The zero-order valence-electron chi connectivity index (χ0n) is 11.3. The average molecular weight is 289 g/mol. The summed E-state index contributed by atoms with van der Waals surface area (Å²) in [7, 11) is 0. The summed E-state index contributed by atoms with van der Waals surface area (Å²) in [5, 5.41) is 4.50. The number of rotatable bonds is 4. The van der Waals surface area contributed by atoms with E-state index in [0.717, 1.165) is 11.1 Å². The second kappa shape index (κ2) is 6.34. The van der Waals surface area contributed by atoms with Crippen molar-refractivity contribution < 1.29 is 14.3 Å². The van der Waals surface area contributed by atoms with Gasteiger partial charge in [-0.05, 0) is 48.6 Å². The molecule has 0 aliphatic carbocycles. The van der Waals surface area contributed by atoms with Gasteiger partial charge in [0, 0.05) is 5.69 Å². The molecule has 0 spiro atoms. The fraction of sp³-hybridized carbons (Fsp3) is 0.200. The normalized spacial score (nSPS) is 10.1. The van der Waals surface area contributed by atoms with Crippen molar-refractivity contribution in [2.24, 2.45) is 0 Å². The summed E-state index contributed by atoms with van der Waals surface area (Å²) in [6.07, 6.45) is 0. The van der Waals surface area contributed by atoms with Crippen LogP contribution < -0.4 is 5.32 Å². The molecule has 104 valence electrons. The number of anilines is 1. The predicted molar refractivity (Wildman–Crippen MR) is 79.1 cm³/mol. The smallest absolute Gasteiger partial charge is 0.348 e. The van der Waals surface area contributed by atoms with Gasteiger partial charge in [-0.25, -0.2) is 4.79 Å². The second-order valence-electron chi connectivity index (χ2n) is 4.48. The monoisotopic (exact) mass is 289 g/mol. The number of hydrogen-bond donors (Lipinski definition) is 1. The van der Waals surface area contributed by atoms with Crippen molar-refractivity contribution in [3.8, 4) is 0 Å². The highest BCUT2D eigenvalue weighted by Crippen LogP contribution is 2.14. The molecule has 1 aromatic carbocycles. The van der Waals surface area contributed by atoms with Gasteiger partial charge in [-0.3, -0.25) is 4.79 Å². The van der Waals surface area contributed by atoms with Gasteiger partial charge < -0.3 is 10.1 Å². The summed E-state index contributed by atoms with van der Waals surface area (Å²) in [6.45, 7) is 3.63. The number of carbonyl (C=O) groups excluding carboxylic acids is 2. The van der Waals surface area contributed by atoms with E-state index in [-0.39, 0.29) is 12.5 Å². The molecule has 0 radical (unpaired) electrons. The first-order valence-corrected chi connectivity index (χ1v) is 7.01. The summed E-state index contributed by atoms with van der Waals surface area (Å²) in [6, 6.07) is 9.18. The summed E-state index contributed by atoms with van der Waals surface area (Å²) < 4.78 is 4.94. The Kier molecular flexibility index (Phi) is 4.53. The first-order chi connectivity index (χ1) is 9.54. The molecule has 0 unspecified atom stereocenters. The molecule has 0 fully saturated rings. The highest BCUT2D eigenvalue weighted by Gasteiger charge is 2.11. The van der Waals surface area contributed by atoms with Crippen LogP contribution in [0.1, 0.15) is 20.8 Å². The van der Waals surface area contributed by atoms with Crippen molar-refractivity contribution in [3.05, 3.63) is 51.7 Å². The fourth-order valence-corrected chi connectivity index (χ4v) is 2.46. The molecule has 2 rings (SSSR count). The maximum absolute atomic E-state index is 11.7. The van der Waals surface area contributed by atoms with Crippen molar-refractivity contribution in [1.82, 2.24) is 0 Å².